The molecule has 2 aromatic carbocycles. The molecule has 0 aliphatic heterocycles. The second kappa shape index (κ2) is 4.57. The molecule has 0 fully saturated rings. The number of carbonyl (C=O) groups excluding carboxylic acids is 1. The average Bonchev–Trinajstić information content (AvgIpc) is 2.86. The highest BCUT2D eigenvalue weighted by molar-refractivity contribution is 5.80. The molecule has 94 valence electrons. The lowest BCUT2D eigenvalue weighted by molar-refractivity contribution is 0.112. The monoisotopic (exact) mass is 252 g/mol. The van der Waals surface area contributed by atoms with Crippen LogP contribution in [0.1, 0.15) is 10.4 Å². The lowest BCUT2D eigenvalue weighted by Gasteiger charge is -2.07. The number of nitrogens with zero attached hydrogens (tertiary/aromatic N) is 2. The van der Waals surface area contributed by atoms with Gasteiger partial charge in [0.2, 0.25) is 0 Å². The fourth-order valence-corrected chi connectivity index (χ4v) is 2.09. The Morgan fingerprint density at radius 3 is 2.53 bits per heavy atom. The Bertz CT molecular complexity index is 729. The molecule has 0 bridgehead atoms. The van der Waals surface area contributed by atoms with Gasteiger partial charge in [-0.3, -0.25) is 9.36 Å². The van der Waals surface area contributed by atoms with E-state index in [1.807, 2.05) is 41.0 Å². The first-order chi connectivity index (χ1) is 9.33. The fraction of sp³-hybridized carbons (Fsp3) is 0.0667. The summed E-state index contributed by atoms with van der Waals surface area (Å²) >= 11 is 0. The topological polar surface area (TPSA) is 44.1 Å². The van der Waals surface area contributed by atoms with Gasteiger partial charge in [-0.05, 0) is 36.4 Å². The first-order valence-corrected chi connectivity index (χ1v) is 5.90. The molecule has 1 heterocycles. The number of imidazole rings is 1. The number of rotatable bonds is 3. The summed E-state index contributed by atoms with van der Waals surface area (Å²) in [4.78, 5) is 15.1. The number of hydrogen-bond acceptors (Lipinski definition) is 3. The number of benzene rings is 2. The summed E-state index contributed by atoms with van der Waals surface area (Å²) in [6.07, 6.45) is 0.826. The van der Waals surface area contributed by atoms with E-state index in [1.165, 1.54) is 0 Å². The van der Waals surface area contributed by atoms with Gasteiger partial charge < -0.3 is 4.74 Å². The van der Waals surface area contributed by atoms with E-state index in [0.717, 1.165) is 23.0 Å². The van der Waals surface area contributed by atoms with Crippen molar-refractivity contribution in [2.75, 3.05) is 7.11 Å². The summed E-state index contributed by atoms with van der Waals surface area (Å²) in [5.74, 6) is 0. The Morgan fingerprint density at radius 1 is 1.11 bits per heavy atom. The Balaban J connectivity index is 2.24. The summed E-state index contributed by atoms with van der Waals surface area (Å²) in [5, 5.41) is 0. The Morgan fingerprint density at radius 2 is 1.84 bits per heavy atom. The van der Waals surface area contributed by atoms with E-state index in [2.05, 4.69) is 4.98 Å². The first-order valence-electron chi connectivity index (χ1n) is 5.90. The van der Waals surface area contributed by atoms with Crippen molar-refractivity contribution in [3.63, 3.8) is 0 Å². The molecule has 4 nitrogen and oxygen atoms in total. The van der Waals surface area contributed by atoms with Crippen molar-refractivity contribution in [2.24, 2.45) is 0 Å². The molecule has 19 heavy (non-hydrogen) atoms. The van der Waals surface area contributed by atoms with Crippen LogP contribution in [-0.4, -0.2) is 22.9 Å². The maximum absolute atomic E-state index is 10.7. The molecule has 0 saturated heterocycles. The van der Waals surface area contributed by atoms with Crippen molar-refractivity contribution < 1.29 is 9.53 Å². The molecule has 0 unspecified atom stereocenters. The van der Waals surface area contributed by atoms with Crippen molar-refractivity contribution >= 4 is 17.3 Å². The van der Waals surface area contributed by atoms with Crippen LogP contribution < -0.4 is 4.74 Å². The highest BCUT2D eigenvalue weighted by Crippen LogP contribution is 2.25. The van der Waals surface area contributed by atoms with Gasteiger partial charge in [-0.15, -0.1) is 0 Å². The predicted molar refractivity (Wildman–Crippen MR) is 73.0 cm³/mol. The smallest absolute Gasteiger partial charge is 0.301 e. The number of carbonyl (C=O) groups is 1. The van der Waals surface area contributed by atoms with Crippen LogP contribution in [0.25, 0.3) is 16.7 Å². The number of aldehydes is 1. The van der Waals surface area contributed by atoms with E-state index in [9.17, 15) is 4.79 Å². The second-order valence-corrected chi connectivity index (χ2v) is 4.13. The quantitative estimate of drug-likeness (QED) is 0.673. The molecule has 0 aliphatic carbocycles. The third kappa shape index (κ3) is 1.87. The zero-order valence-corrected chi connectivity index (χ0v) is 10.4. The van der Waals surface area contributed by atoms with E-state index in [4.69, 9.17) is 4.74 Å². The third-order valence-electron chi connectivity index (χ3n) is 3.00. The summed E-state index contributed by atoms with van der Waals surface area (Å²) in [5.41, 5.74) is 3.40. The van der Waals surface area contributed by atoms with Crippen molar-refractivity contribution in [3.8, 4) is 11.7 Å². The standard InChI is InChI=1S/C15H12N2O2/c1-19-15-16-13-4-2-3-5-14(13)17(15)12-8-6-11(10-18)7-9-12/h2-10H,1H3. The van der Waals surface area contributed by atoms with Crippen molar-refractivity contribution in [1.29, 1.82) is 0 Å². The fourth-order valence-electron chi connectivity index (χ4n) is 2.09. The maximum atomic E-state index is 10.7. The minimum Gasteiger partial charge on any atom is -0.468 e. The van der Waals surface area contributed by atoms with Gasteiger partial charge in [0.25, 0.3) is 0 Å². The van der Waals surface area contributed by atoms with Gasteiger partial charge >= 0.3 is 6.01 Å². The van der Waals surface area contributed by atoms with Crippen LogP contribution in [0.15, 0.2) is 48.5 Å². The van der Waals surface area contributed by atoms with Crippen molar-refractivity contribution in [3.05, 3.63) is 54.1 Å². The number of methoxy groups -OCH3 is 1. The van der Waals surface area contributed by atoms with Crippen LogP contribution in [0.3, 0.4) is 0 Å². The van der Waals surface area contributed by atoms with Crippen molar-refractivity contribution in [1.82, 2.24) is 9.55 Å². The number of aromatic nitrogens is 2. The molecule has 4 heteroatoms. The number of fused-ring (bicyclic) bond motifs is 1. The van der Waals surface area contributed by atoms with Crippen molar-refractivity contribution in [2.45, 2.75) is 0 Å². The molecule has 3 rings (SSSR count). The van der Waals surface area contributed by atoms with Crippen LogP contribution in [0.5, 0.6) is 6.01 Å². The van der Waals surface area contributed by atoms with Gasteiger partial charge in [-0.1, -0.05) is 12.1 Å². The highest BCUT2D eigenvalue weighted by Gasteiger charge is 2.12. The van der Waals surface area contributed by atoms with E-state index in [0.29, 0.717) is 11.6 Å². The van der Waals surface area contributed by atoms with Gasteiger partial charge in [0.15, 0.2) is 0 Å². The van der Waals surface area contributed by atoms with Gasteiger partial charge in [0.1, 0.15) is 6.29 Å². The normalized spacial score (nSPS) is 10.6. The highest BCUT2D eigenvalue weighted by atomic mass is 16.5. The summed E-state index contributed by atoms with van der Waals surface area (Å²) in [7, 11) is 1.59. The summed E-state index contributed by atoms with van der Waals surface area (Å²) in [6, 6.07) is 15.6. The SMILES string of the molecule is COc1nc2ccccc2n1-c1ccc(C=O)cc1. The molecule has 0 aliphatic rings. The maximum Gasteiger partial charge on any atom is 0.301 e. The zero-order valence-electron chi connectivity index (χ0n) is 10.4. The van der Waals surface area contributed by atoms with Crippen LogP contribution in [0, 0.1) is 0 Å². The minimum absolute atomic E-state index is 0.528. The van der Waals surface area contributed by atoms with Gasteiger partial charge in [-0.25, -0.2) is 0 Å². The molecule has 0 radical (unpaired) electrons. The molecule has 0 amide bonds. The lowest BCUT2D eigenvalue weighted by atomic mass is 10.2. The molecule has 1 aromatic heterocycles. The number of para-hydroxylation sites is 2. The van der Waals surface area contributed by atoms with Crippen LogP contribution in [0.2, 0.25) is 0 Å². The summed E-state index contributed by atoms with van der Waals surface area (Å²) < 4.78 is 7.24. The zero-order chi connectivity index (χ0) is 13.2. The first kappa shape index (κ1) is 11.5. The van der Waals surface area contributed by atoms with Gasteiger partial charge in [0.05, 0.1) is 23.8 Å². The van der Waals surface area contributed by atoms with E-state index in [1.54, 1.807) is 19.2 Å². The average molecular weight is 252 g/mol. The molecule has 0 atom stereocenters. The van der Waals surface area contributed by atoms with E-state index in [-0.39, 0.29) is 0 Å². The summed E-state index contributed by atoms with van der Waals surface area (Å²) in [6.45, 7) is 0. The van der Waals surface area contributed by atoms with Gasteiger partial charge in [-0.2, -0.15) is 4.98 Å². The number of hydrogen-bond donors (Lipinski definition) is 0. The molecule has 3 aromatic rings. The molecular formula is C15H12N2O2. The van der Waals surface area contributed by atoms with E-state index < -0.39 is 0 Å². The van der Waals surface area contributed by atoms with Crippen LogP contribution in [-0.2, 0) is 0 Å². The van der Waals surface area contributed by atoms with Crippen LogP contribution in [0.4, 0.5) is 0 Å². The van der Waals surface area contributed by atoms with Crippen LogP contribution >= 0.6 is 0 Å². The largest absolute Gasteiger partial charge is 0.468 e. The minimum atomic E-state index is 0.528. The third-order valence-corrected chi connectivity index (χ3v) is 3.00. The predicted octanol–water partition coefficient (Wildman–Crippen LogP) is 2.85. The number of ether oxygens (including phenoxy) is 1. The molecule has 0 spiro atoms. The van der Waals surface area contributed by atoms with Gasteiger partial charge in [0, 0.05) is 5.56 Å². The molecule has 0 N–H and O–H groups in total. The lowest BCUT2D eigenvalue weighted by Crippen LogP contribution is -1.98. The van der Waals surface area contributed by atoms with E-state index >= 15 is 0 Å². The Labute approximate surface area is 110 Å². The Hall–Kier alpha value is -2.62. The molecule has 0 saturated carbocycles. The second-order valence-electron chi connectivity index (χ2n) is 4.13. The Kier molecular flexibility index (Phi) is 2.76. The molecular weight excluding hydrogens is 240 g/mol.